The van der Waals surface area contributed by atoms with E-state index in [4.69, 9.17) is 4.52 Å². The molecular formula is C20H17FN4O2S2. The largest absolute Gasteiger partial charge is 0.339 e. The summed E-state index contributed by atoms with van der Waals surface area (Å²) in [6.07, 6.45) is 2.83. The lowest BCUT2D eigenvalue weighted by molar-refractivity contribution is -0.116. The highest BCUT2D eigenvalue weighted by molar-refractivity contribution is 7.15. The monoisotopic (exact) mass is 428 g/mol. The Bertz CT molecular complexity index is 1120. The van der Waals surface area contributed by atoms with E-state index in [9.17, 15) is 9.18 Å². The molecule has 0 radical (unpaired) electrons. The van der Waals surface area contributed by atoms with Crippen molar-refractivity contribution < 1.29 is 13.7 Å². The zero-order valence-corrected chi connectivity index (χ0v) is 17.1. The molecule has 0 saturated heterocycles. The van der Waals surface area contributed by atoms with Gasteiger partial charge >= 0.3 is 0 Å². The molecule has 0 unspecified atom stereocenters. The molecule has 0 saturated carbocycles. The van der Waals surface area contributed by atoms with Gasteiger partial charge in [0.05, 0.1) is 0 Å². The average Bonchev–Trinajstić information content (AvgIpc) is 3.44. The number of thiazole rings is 1. The fraction of sp³-hybridized carbons (Fsp3) is 0.200. The summed E-state index contributed by atoms with van der Waals surface area (Å²) in [5.41, 5.74) is 2.39. The van der Waals surface area contributed by atoms with E-state index < -0.39 is 0 Å². The van der Waals surface area contributed by atoms with Gasteiger partial charge in [-0.3, -0.25) is 4.79 Å². The average molecular weight is 429 g/mol. The van der Waals surface area contributed by atoms with E-state index in [1.54, 1.807) is 30.5 Å². The minimum Gasteiger partial charge on any atom is -0.339 e. The van der Waals surface area contributed by atoms with Crippen molar-refractivity contribution >= 4 is 33.7 Å². The molecule has 1 N–H and O–H groups in total. The molecule has 0 aliphatic rings. The van der Waals surface area contributed by atoms with E-state index >= 15 is 0 Å². The summed E-state index contributed by atoms with van der Waals surface area (Å²) in [5, 5.41) is 11.1. The third-order valence-electron chi connectivity index (χ3n) is 4.23. The number of rotatable bonds is 7. The number of thiophene rings is 1. The van der Waals surface area contributed by atoms with Gasteiger partial charge in [0, 0.05) is 41.3 Å². The Morgan fingerprint density at radius 2 is 2.21 bits per heavy atom. The topological polar surface area (TPSA) is 80.9 Å². The van der Waals surface area contributed by atoms with Gasteiger partial charge in [0.2, 0.25) is 17.6 Å². The highest BCUT2D eigenvalue weighted by Crippen LogP contribution is 2.23. The number of anilines is 1. The van der Waals surface area contributed by atoms with Crippen LogP contribution in [0.3, 0.4) is 0 Å². The van der Waals surface area contributed by atoms with E-state index in [-0.39, 0.29) is 18.1 Å². The second-order valence-electron chi connectivity index (χ2n) is 6.46. The molecule has 3 heterocycles. The molecule has 0 aliphatic heterocycles. The molecule has 29 heavy (non-hydrogen) atoms. The second-order valence-corrected chi connectivity index (χ2v) is 8.36. The maximum Gasteiger partial charge on any atom is 0.227 e. The summed E-state index contributed by atoms with van der Waals surface area (Å²) >= 11 is 2.93. The lowest BCUT2D eigenvalue weighted by Crippen LogP contribution is -2.12. The minimum absolute atomic E-state index is 0.178. The van der Waals surface area contributed by atoms with Crippen LogP contribution < -0.4 is 5.32 Å². The molecule has 0 bridgehead atoms. The van der Waals surface area contributed by atoms with Gasteiger partial charge in [0.25, 0.3) is 0 Å². The number of hydrogen-bond acceptors (Lipinski definition) is 7. The Balaban J connectivity index is 1.29. The summed E-state index contributed by atoms with van der Waals surface area (Å²) in [6, 6.07) is 7.10. The molecular weight excluding hydrogens is 411 g/mol. The van der Waals surface area contributed by atoms with Crippen molar-refractivity contribution in [3.05, 3.63) is 68.9 Å². The van der Waals surface area contributed by atoms with Crippen LogP contribution in [0.4, 0.5) is 9.52 Å². The lowest BCUT2D eigenvalue weighted by Gasteiger charge is -2.01. The molecule has 0 aliphatic carbocycles. The van der Waals surface area contributed by atoms with Gasteiger partial charge in [-0.25, -0.2) is 9.37 Å². The van der Waals surface area contributed by atoms with Crippen molar-refractivity contribution in [3.63, 3.8) is 0 Å². The minimum atomic E-state index is -0.219. The number of nitrogens with one attached hydrogen (secondary N) is 1. The molecule has 0 fully saturated rings. The smallest absolute Gasteiger partial charge is 0.227 e. The maximum atomic E-state index is 13.7. The molecule has 1 aromatic carbocycles. The van der Waals surface area contributed by atoms with Crippen LogP contribution in [0.25, 0.3) is 11.4 Å². The van der Waals surface area contributed by atoms with Crippen LogP contribution in [-0.2, 0) is 17.6 Å². The lowest BCUT2D eigenvalue weighted by atomic mass is 10.1. The highest BCUT2D eigenvalue weighted by Gasteiger charge is 2.12. The first kappa shape index (κ1) is 19.4. The highest BCUT2D eigenvalue weighted by atomic mass is 32.1. The second kappa shape index (κ2) is 8.62. The number of aryl methyl sites for hydroxylation is 2. The van der Waals surface area contributed by atoms with Crippen molar-refractivity contribution in [1.82, 2.24) is 15.1 Å². The number of carbonyl (C=O) groups is 1. The van der Waals surface area contributed by atoms with Crippen LogP contribution in [0.15, 0.2) is 45.7 Å². The Labute approximate surface area is 174 Å². The van der Waals surface area contributed by atoms with Crippen LogP contribution in [0.5, 0.6) is 0 Å². The van der Waals surface area contributed by atoms with Crippen LogP contribution >= 0.6 is 22.7 Å². The van der Waals surface area contributed by atoms with Crippen molar-refractivity contribution in [1.29, 1.82) is 0 Å². The van der Waals surface area contributed by atoms with Gasteiger partial charge in [0.1, 0.15) is 5.82 Å². The predicted octanol–water partition coefficient (Wildman–Crippen LogP) is 4.86. The molecule has 0 spiro atoms. The standard InChI is InChI=1S/C20H17FN4O2S2/c1-12-2-3-13(9-16(12)21)8-15-10-22-20(29-15)23-17(26)4-5-18-24-19(25-27-18)14-6-7-28-11-14/h2-3,6-7,9-11H,4-5,8H2,1H3,(H,22,23,26). The SMILES string of the molecule is Cc1ccc(Cc2cnc(NC(=O)CCc3nc(-c4ccsc4)no3)s2)cc1F. The number of hydrogen-bond donors (Lipinski definition) is 1. The van der Waals surface area contributed by atoms with Crippen LogP contribution in [-0.4, -0.2) is 21.0 Å². The number of nitrogens with zero attached hydrogens (tertiary/aromatic N) is 3. The quantitative estimate of drug-likeness (QED) is 0.454. The fourth-order valence-corrected chi connectivity index (χ4v) is 4.16. The summed E-state index contributed by atoms with van der Waals surface area (Å²) < 4.78 is 18.9. The van der Waals surface area contributed by atoms with Crippen molar-refractivity contribution in [2.75, 3.05) is 5.32 Å². The van der Waals surface area contributed by atoms with Gasteiger partial charge < -0.3 is 9.84 Å². The van der Waals surface area contributed by atoms with E-state index in [1.165, 1.54) is 17.4 Å². The van der Waals surface area contributed by atoms with E-state index in [0.29, 0.717) is 35.3 Å². The molecule has 0 atom stereocenters. The van der Waals surface area contributed by atoms with Crippen molar-refractivity contribution in [2.45, 2.75) is 26.2 Å². The predicted molar refractivity (Wildman–Crippen MR) is 111 cm³/mol. The zero-order chi connectivity index (χ0) is 20.2. The molecule has 9 heteroatoms. The van der Waals surface area contributed by atoms with E-state index in [1.807, 2.05) is 22.9 Å². The number of carbonyl (C=O) groups excluding carboxylic acids is 1. The normalized spacial score (nSPS) is 11.0. The number of benzene rings is 1. The Kier molecular flexibility index (Phi) is 5.77. The summed E-state index contributed by atoms with van der Waals surface area (Å²) in [6.45, 7) is 1.73. The van der Waals surface area contributed by atoms with Crippen LogP contribution in [0.2, 0.25) is 0 Å². The van der Waals surface area contributed by atoms with E-state index in [0.717, 1.165) is 16.0 Å². The first-order chi connectivity index (χ1) is 14.1. The number of amides is 1. The molecule has 4 rings (SSSR count). The van der Waals surface area contributed by atoms with E-state index in [2.05, 4.69) is 20.4 Å². The van der Waals surface area contributed by atoms with Gasteiger partial charge in [-0.15, -0.1) is 11.3 Å². The first-order valence-corrected chi connectivity index (χ1v) is 10.7. The Morgan fingerprint density at radius 3 is 3.00 bits per heavy atom. The van der Waals surface area contributed by atoms with Crippen molar-refractivity contribution in [3.8, 4) is 11.4 Å². The third kappa shape index (κ3) is 4.93. The van der Waals surface area contributed by atoms with Crippen LogP contribution in [0.1, 0.15) is 28.3 Å². The summed E-state index contributed by atoms with van der Waals surface area (Å²) in [7, 11) is 0. The number of halogens is 1. The third-order valence-corrected chi connectivity index (χ3v) is 5.82. The van der Waals surface area contributed by atoms with Crippen LogP contribution in [0, 0.1) is 12.7 Å². The summed E-state index contributed by atoms with van der Waals surface area (Å²) in [4.78, 5) is 21.7. The van der Waals surface area contributed by atoms with Gasteiger partial charge in [0.15, 0.2) is 5.13 Å². The zero-order valence-electron chi connectivity index (χ0n) is 15.5. The molecule has 1 amide bonds. The Hall–Kier alpha value is -2.91. The van der Waals surface area contributed by atoms with Gasteiger partial charge in [-0.05, 0) is 35.6 Å². The van der Waals surface area contributed by atoms with Gasteiger partial charge in [-0.1, -0.05) is 17.3 Å². The fourth-order valence-electron chi connectivity index (χ4n) is 2.66. The molecule has 6 nitrogen and oxygen atoms in total. The number of aromatic nitrogens is 3. The first-order valence-electron chi connectivity index (χ1n) is 8.91. The summed E-state index contributed by atoms with van der Waals surface area (Å²) in [5.74, 6) is 0.549. The molecule has 3 aromatic heterocycles. The maximum absolute atomic E-state index is 13.7. The van der Waals surface area contributed by atoms with Gasteiger partial charge in [-0.2, -0.15) is 16.3 Å². The van der Waals surface area contributed by atoms with Crippen molar-refractivity contribution in [2.24, 2.45) is 0 Å². The Morgan fingerprint density at radius 1 is 1.31 bits per heavy atom. The molecule has 4 aromatic rings. The molecule has 148 valence electrons.